The lowest BCUT2D eigenvalue weighted by Crippen LogP contribution is -2.52. The van der Waals surface area contributed by atoms with Crippen LogP contribution in [0.25, 0.3) is 0 Å². The molecule has 6 nitrogen and oxygen atoms in total. The van der Waals surface area contributed by atoms with Crippen LogP contribution >= 0.6 is 7.60 Å². The first-order valence-corrected chi connectivity index (χ1v) is 6.26. The third-order valence-electron chi connectivity index (χ3n) is 2.52. The number of ether oxygens (including phenoxy) is 1. The summed E-state index contributed by atoms with van der Waals surface area (Å²) < 4.78 is 15.8. The van der Waals surface area contributed by atoms with E-state index in [0.717, 1.165) is 7.11 Å². The Bertz CT molecular complexity index is 272. The van der Waals surface area contributed by atoms with E-state index in [2.05, 4.69) is 4.74 Å². The molecule has 0 radical (unpaired) electrons. The standard InChI is InChI=1S/C8H18NO5P/c1-5-9(6-2)8(3,7(10)14-4)15(11,12)13/h5-6H2,1-4H3,(H2,11,12,13). The zero-order valence-electron chi connectivity index (χ0n) is 9.43. The lowest BCUT2D eigenvalue weighted by atomic mass is 10.2. The molecule has 2 N–H and O–H groups in total. The SMILES string of the molecule is CCN(CC)C(C)(C(=O)OC)P(=O)(O)O. The molecule has 0 spiro atoms. The van der Waals surface area contributed by atoms with Gasteiger partial charge >= 0.3 is 13.6 Å². The van der Waals surface area contributed by atoms with Gasteiger partial charge in [0.1, 0.15) is 0 Å². The number of hydrogen-bond donors (Lipinski definition) is 2. The summed E-state index contributed by atoms with van der Waals surface area (Å²) in [4.78, 5) is 31.4. The molecule has 0 rings (SSSR count). The van der Waals surface area contributed by atoms with Crippen molar-refractivity contribution in [3.05, 3.63) is 0 Å². The van der Waals surface area contributed by atoms with Gasteiger partial charge in [0, 0.05) is 0 Å². The fourth-order valence-corrected chi connectivity index (χ4v) is 2.45. The van der Waals surface area contributed by atoms with Crippen LogP contribution in [0.4, 0.5) is 0 Å². The van der Waals surface area contributed by atoms with Crippen LogP contribution in [-0.2, 0) is 14.1 Å². The molecule has 1 atom stereocenters. The van der Waals surface area contributed by atoms with Gasteiger partial charge in [0.2, 0.25) is 5.28 Å². The van der Waals surface area contributed by atoms with Crippen LogP contribution in [-0.4, -0.2) is 46.1 Å². The molecule has 7 heteroatoms. The van der Waals surface area contributed by atoms with Crippen molar-refractivity contribution >= 4 is 13.6 Å². The molecule has 0 amide bonds. The normalized spacial score (nSPS) is 16.2. The summed E-state index contributed by atoms with van der Waals surface area (Å²) in [7, 11) is -3.49. The maximum atomic E-state index is 11.5. The lowest BCUT2D eigenvalue weighted by molar-refractivity contribution is -0.149. The van der Waals surface area contributed by atoms with Crippen molar-refractivity contribution in [1.29, 1.82) is 0 Å². The molecule has 0 saturated heterocycles. The van der Waals surface area contributed by atoms with Gasteiger partial charge in [0.15, 0.2) is 0 Å². The third-order valence-corrected chi connectivity index (χ3v) is 4.12. The van der Waals surface area contributed by atoms with Crippen LogP contribution < -0.4 is 0 Å². The summed E-state index contributed by atoms with van der Waals surface area (Å²) in [5.74, 6) is -0.917. The van der Waals surface area contributed by atoms with Gasteiger partial charge in [-0.25, -0.2) is 4.79 Å². The molecule has 0 fully saturated rings. The predicted molar refractivity (Wildman–Crippen MR) is 55.4 cm³/mol. The van der Waals surface area contributed by atoms with E-state index in [-0.39, 0.29) is 0 Å². The summed E-state index contributed by atoms with van der Waals surface area (Å²) in [6, 6.07) is 0. The molecular weight excluding hydrogens is 221 g/mol. The first-order valence-electron chi connectivity index (χ1n) is 4.64. The van der Waals surface area contributed by atoms with Gasteiger partial charge in [-0.15, -0.1) is 0 Å². The Kier molecular flexibility index (Phi) is 4.93. The van der Waals surface area contributed by atoms with Crippen molar-refractivity contribution in [3.63, 3.8) is 0 Å². The molecule has 0 aromatic heterocycles. The Morgan fingerprint density at radius 2 is 1.80 bits per heavy atom. The van der Waals surface area contributed by atoms with Gasteiger partial charge < -0.3 is 14.5 Å². The number of nitrogens with zero attached hydrogens (tertiary/aromatic N) is 1. The van der Waals surface area contributed by atoms with Crippen molar-refractivity contribution < 1.29 is 23.9 Å². The maximum absolute atomic E-state index is 11.5. The summed E-state index contributed by atoms with van der Waals surface area (Å²) in [5, 5.41) is -1.90. The van der Waals surface area contributed by atoms with Crippen molar-refractivity contribution in [2.75, 3.05) is 20.2 Å². The van der Waals surface area contributed by atoms with E-state index in [1.807, 2.05) is 0 Å². The van der Waals surface area contributed by atoms with Gasteiger partial charge in [-0.3, -0.25) is 9.46 Å². The summed E-state index contributed by atoms with van der Waals surface area (Å²) in [6.07, 6.45) is 0. The second-order valence-corrected chi connectivity index (χ2v) is 5.19. The van der Waals surface area contributed by atoms with Crippen molar-refractivity contribution in [2.45, 2.75) is 26.1 Å². The van der Waals surface area contributed by atoms with E-state index in [1.54, 1.807) is 13.8 Å². The first kappa shape index (κ1) is 14.6. The molecular formula is C8H18NO5P. The number of likely N-dealkylation sites (N-methyl/N-ethyl adjacent to an activating group) is 1. The van der Waals surface area contributed by atoms with Crippen molar-refractivity contribution in [3.8, 4) is 0 Å². The average Bonchev–Trinajstić information content (AvgIpc) is 2.16. The summed E-state index contributed by atoms with van der Waals surface area (Å²) in [5.41, 5.74) is 0. The first-order chi connectivity index (χ1) is 6.75. The van der Waals surface area contributed by atoms with Crippen molar-refractivity contribution in [1.82, 2.24) is 4.90 Å². The highest BCUT2D eigenvalue weighted by molar-refractivity contribution is 7.54. The van der Waals surface area contributed by atoms with Crippen molar-refractivity contribution in [2.24, 2.45) is 0 Å². The number of hydrogen-bond acceptors (Lipinski definition) is 4. The molecule has 0 saturated carbocycles. The maximum Gasteiger partial charge on any atom is 0.356 e. The average molecular weight is 239 g/mol. The van der Waals surface area contributed by atoms with E-state index in [9.17, 15) is 19.1 Å². The van der Waals surface area contributed by atoms with Crippen LogP contribution in [0, 0.1) is 0 Å². The number of carbonyl (C=O) groups excluding carboxylic acids is 1. The molecule has 0 aromatic carbocycles. The molecule has 0 heterocycles. The fraction of sp³-hybridized carbons (Fsp3) is 0.875. The second kappa shape index (κ2) is 5.07. The minimum atomic E-state index is -4.60. The van der Waals surface area contributed by atoms with Crippen LogP contribution in [0.2, 0.25) is 0 Å². The summed E-state index contributed by atoms with van der Waals surface area (Å²) in [6.45, 7) is 5.35. The van der Waals surface area contributed by atoms with Crippen LogP contribution in [0.3, 0.4) is 0 Å². The third kappa shape index (κ3) is 2.58. The monoisotopic (exact) mass is 239 g/mol. The van der Waals surface area contributed by atoms with Crippen LogP contribution in [0.5, 0.6) is 0 Å². The number of carbonyl (C=O) groups is 1. The lowest BCUT2D eigenvalue weighted by Gasteiger charge is -2.37. The topological polar surface area (TPSA) is 87.1 Å². The Hall–Kier alpha value is -0.420. The molecule has 0 aliphatic carbocycles. The van der Waals surface area contributed by atoms with E-state index >= 15 is 0 Å². The minimum absolute atomic E-state index is 0.354. The summed E-state index contributed by atoms with van der Waals surface area (Å²) >= 11 is 0. The number of esters is 1. The Morgan fingerprint density at radius 1 is 1.40 bits per heavy atom. The zero-order valence-corrected chi connectivity index (χ0v) is 10.3. The molecule has 0 aliphatic heterocycles. The van der Waals surface area contributed by atoms with Gasteiger partial charge in [0.05, 0.1) is 7.11 Å². The molecule has 90 valence electrons. The Balaban J connectivity index is 5.39. The highest BCUT2D eigenvalue weighted by Gasteiger charge is 2.54. The van der Waals surface area contributed by atoms with E-state index < -0.39 is 18.8 Å². The Morgan fingerprint density at radius 3 is 2.00 bits per heavy atom. The van der Waals surface area contributed by atoms with E-state index in [0.29, 0.717) is 13.1 Å². The number of methoxy groups -OCH3 is 1. The van der Waals surface area contributed by atoms with Gasteiger partial charge in [-0.1, -0.05) is 13.8 Å². The highest BCUT2D eigenvalue weighted by atomic mass is 31.2. The van der Waals surface area contributed by atoms with Gasteiger partial charge in [-0.2, -0.15) is 0 Å². The second-order valence-electron chi connectivity index (χ2n) is 3.23. The highest BCUT2D eigenvalue weighted by Crippen LogP contribution is 2.52. The Labute approximate surface area is 89.4 Å². The minimum Gasteiger partial charge on any atom is -0.467 e. The van der Waals surface area contributed by atoms with E-state index in [4.69, 9.17) is 0 Å². The fourth-order valence-electron chi connectivity index (χ4n) is 1.46. The van der Waals surface area contributed by atoms with Gasteiger partial charge in [0.25, 0.3) is 0 Å². The smallest absolute Gasteiger partial charge is 0.356 e. The molecule has 1 unspecified atom stereocenters. The molecule has 0 aliphatic rings. The zero-order chi connectivity index (χ0) is 12.3. The molecule has 0 aromatic rings. The van der Waals surface area contributed by atoms with E-state index in [1.165, 1.54) is 11.8 Å². The van der Waals surface area contributed by atoms with Crippen LogP contribution in [0.1, 0.15) is 20.8 Å². The quantitative estimate of drug-likeness (QED) is 0.533. The predicted octanol–water partition coefficient (Wildman–Crippen LogP) is 0.395. The molecule has 0 bridgehead atoms. The van der Waals surface area contributed by atoms with Crippen LogP contribution in [0.15, 0.2) is 0 Å². The number of rotatable bonds is 5. The largest absolute Gasteiger partial charge is 0.467 e. The molecule has 15 heavy (non-hydrogen) atoms. The van der Waals surface area contributed by atoms with Gasteiger partial charge in [-0.05, 0) is 20.0 Å².